The number of benzene rings is 1. The number of nitrogens with one attached hydrogen (secondary N) is 2. The number of urea groups is 1. The Labute approximate surface area is 158 Å². The molecule has 27 heavy (non-hydrogen) atoms. The Morgan fingerprint density at radius 1 is 1.11 bits per heavy atom. The number of anilines is 1. The van der Waals surface area contributed by atoms with Crippen molar-refractivity contribution in [3.8, 4) is 0 Å². The van der Waals surface area contributed by atoms with Gasteiger partial charge in [0.1, 0.15) is 5.82 Å². The topological polar surface area (TPSA) is 96.7 Å². The SMILES string of the molecule is NC(C(=O)N1CCC(NC(=O)Nc2ccc(F)cc2)CC1)C1CCOCC1. The number of nitrogens with zero attached hydrogens (tertiary/aromatic N) is 1. The monoisotopic (exact) mass is 378 g/mol. The molecule has 1 atom stereocenters. The van der Waals surface area contributed by atoms with E-state index < -0.39 is 6.04 Å². The first kappa shape index (κ1) is 19.6. The van der Waals surface area contributed by atoms with Gasteiger partial charge in [0, 0.05) is 38.0 Å². The van der Waals surface area contributed by atoms with Crippen LogP contribution in [0.5, 0.6) is 0 Å². The van der Waals surface area contributed by atoms with E-state index in [4.69, 9.17) is 10.5 Å². The van der Waals surface area contributed by atoms with E-state index >= 15 is 0 Å². The van der Waals surface area contributed by atoms with Gasteiger partial charge in [0.2, 0.25) is 5.91 Å². The van der Waals surface area contributed by atoms with Crippen LogP contribution >= 0.6 is 0 Å². The third-order valence-corrected chi connectivity index (χ3v) is 5.30. The lowest BCUT2D eigenvalue weighted by Gasteiger charge is -2.36. The number of piperidine rings is 1. The molecule has 0 aromatic heterocycles. The Hall–Kier alpha value is -2.19. The summed E-state index contributed by atoms with van der Waals surface area (Å²) in [6.07, 6.45) is 3.02. The van der Waals surface area contributed by atoms with Crippen molar-refractivity contribution in [2.75, 3.05) is 31.6 Å². The van der Waals surface area contributed by atoms with Crippen LogP contribution in [0.25, 0.3) is 0 Å². The van der Waals surface area contributed by atoms with E-state index in [2.05, 4.69) is 10.6 Å². The fourth-order valence-electron chi connectivity index (χ4n) is 3.62. The van der Waals surface area contributed by atoms with Crippen LogP contribution in [0.15, 0.2) is 24.3 Å². The fraction of sp³-hybridized carbons (Fsp3) is 0.579. The van der Waals surface area contributed by atoms with E-state index in [1.807, 2.05) is 0 Å². The highest BCUT2D eigenvalue weighted by molar-refractivity contribution is 5.89. The van der Waals surface area contributed by atoms with Crippen molar-refractivity contribution in [3.63, 3.8) is 0 Å². The summed E-state index contributed by atoms with van der Waals surface area (Å²) in [5.41, 5.74) is 6.71. The molecule has 4 N–H and O–H groups in total. The van der Waals surface area contributed by atoms with Crippen LogP contribution in [0.1, 0.15) is 25.7 Å². The first-order chi connectivity index (χ1) is 13.0. The fourth-order valence-corrected chi connectivity index (χ4v) is 3.62. The van der Waals surface area contributed by atoms with Crippen LogP contribution in [0.4, 0.5) is 14.9 Å². The zero-order chi connectivity index (χ0) is 19.2. The zero-order valence-corrected chi connectivity index (χ0v) is 15.3. The molecule has 0 spiro atoms. The predicted molar refractivity (Wildman–Crippen MR) is 99.7 cm³/mol. The highest BCUT2D eigenvalue weighted by Gasteiger charge is 2.32. The molecule has 2 aliphatic heterocycles. The smallest absolute Gasteiger partial charge is 0.319 e. The van der Waals surface area contributed by atoms with Gasteiger partial charge in [0.25, 0.3) is 0 Å². The van der Waals surface area contributed by atoms with Crippen molar-refractivity contribution in [2.24, 2.45) is 11.7 Å². The lowest BCUT2D eigenvalue weighted by molar-refractivity contribution is -0.135. The van der Waals surface area contributed by atoms with Crippen molar-refractivity contribution in [1.82, 2.24) is 10.2 Å². The summed E-state index contributed by atoms with van der Waals surface area (Å²) in [6.45, 7) is 2.50. The molecule has 0 bridgehead atoms. The van der Waals surface area contributed by atoms with Crippen molar-refractivity contribution >= 4 is 17.6 Å². The molecule has 3 rings (SSSR count). The standard InChI is InChI=1S/C19H27FN4O3/c20-14-1-3-15(4-2-14)22-19(26)23-16-5-9-24(10-6-16)18(25)17(21)13-7-11-27-12-8-13/h1-4,13,16-17H,5-12,21H2,(H2,22,23,26). The summed E-state index contributed by atoms with van der Waals surface area (Å²) in [5, 5.41) is 5.59. The molecule has 3 amide bonds. The van der Waals surface area contributed by atoms with Crippen molar-refractivity contribution in [3.05, 3.63) is 30.1 Å². The average molecular weight is 378 g/mol. The van der Waals surface area contributed by atoms with Gasteiger partial charge in [-0.05, 0) is 55.9 Å². The number of hydrogen-bond donors (Lipinski definition) is 3. The van der Waals surface area contributed by atoms with Crippen LogP contribution < -0.4 is 16.4 Å². The first-order valence-electron chi connectivity index (χ1n) is 9.48. The maximum atomic E-state index is 12.9. The number of carbonyl (C=O) groups is 2. The molecule has 0 aliphatic carbocycles. The minimum Gasteiger partial charge on any atom is -0.381 e. The van der Waals surface area contributed by atoms with Crippen molar-refractivity contribution in [1.29, 1.82) is 0 Å². The Morgan fingerprint density at radius 2 is 1.74 bits per heavy atom. The van der Waals surface area contributed by atoms with Crippen LogP contribution in [-0.4, -0.2) is 55.2 Å². The first-order valence-corrected chi connectivity index (χ1v) is 9.48. The van der Waals surface area contributed by atoms with Gasteiger partial charge < -0.3 is 26.0 Å². The summed E-state index contributed by atoms with van der Waals surface area (Å²) in [4.78, 5) is 26.5. The number of nitrogens with two attached hydrogens (primary N) is 1. The Morgan fingerprint density at radius 3 is 2.37 bits per heavy atom. The lowest BCUT2D eigenvalue weighted by Crippen LogP contribution is -2.53. The van der Waals surface area contributed by atoms with E-state index in [1.165, 1.54) is 24.3 Å². The minimum atomic E-state index is -0.472. The molecule has 1 aromatic carbocycles. The third kappa shape index (κ3) is 5.40. The second-order valence-corrected chi connectivity index (χ2v) is 7.18. The van der Waals surface area contributed by atoms with Crippen molar-refractivity contribution < 1.29 is 18.7 Å². The molecule has 8 heteroatoms. The van der Waals surface area contributed by atoms with E-state index in [1.54, 1.807) is 4.90 Å². The van der Waals surface area contributed by atoms with E-state index in [9.17, 15) is 14.0 Å². The highest BCUT2D eigenvalue weighted by Crippen LogP contribution is 2.20. The molecule has 7 nitrogen and oxygen atoms in total. The molecule has 2 fully saturated rings. The van der Waals surface area contributed by atoms with Crippen LogP contribution in [0.3, 0.4) is 0 Å². The van der Waals surface area contributed by atoms with Crippen LogP contribution in [0, 0.1) is 11.7 Å². The van der Waals surface area contributed by atoms with Gasteiger partial charge in [-0.3, -0.25) is 4.79 Å². The molecule has 1 aromatic rings. The molecule has 0 radical (unpaired) electrons. The summed E-state index contributed by atoms with van der Waals surface area (Å²) in [7, 11) is 0. The summed E-state index contributed by atoms with van der Waals surface area (Å²) >= 11 is 0. The van der Waals surface area contributed by atoms with Gasteiger partial charge in [0.15, 0.2) is 0 Å². The molecule has 2 heterocycles. The molecule has 1 unspecified atom stereocenters. The molecule has 148 valence electrons. The van der Waals surface area contributed by atoms with Gasteiger partial charge >= 0.3 is 6.03 Å². The van der Waals surface area contributed by atoms with E-state index in [0.29, 0.717) is 44.8 Å². The Balaban J connectivity index is 1.42. The van der Waals surface area contributed by atoms with Crippen molar-refractivity contribution in [2.45, 2.75) is 37.8 Å². The van der Waals surface area contributed by atoms with Gasteiger partial charge in [0.05, 0.1) is 6.04 Å². The summed E-state index contributed by atoms with van der Waals surface area (Å²) in [6, 6.07) is 4.80. The molecular weight excluding hydrogens is 351 g/mol. The highest BCUT2D eigenvalue weighted by atomic mass is 19.1. The van der Waals surface area contributed by atoms with E-state index in [0.717, 1.165) is 12.8 Å². The number of likely N-dealkylation sites (tertiary alicyclic amines) is 1. The Kier molecular flexibility index (Phi) is 6.63. The van der Waals surface area contributed by atoms with Gasteiger partial charge in [-0.25, -0.2) is 9.18 Å². The minimum absolute atomic E-state index is 0.00360. The quantitative estimate of drug-likeness (QED) is 0.743. The number of carbonyl (C=O) groups excluding carboxylic acids is 2. The normalized spacial score (nSPS) is 20.1. The molecular formula is C19H27FN4O3. The second kappa shape index (κ2) is 9.14. The second-order valence-electron chi connectivity index (χ2n) is 7.18. The van der Waals surface area contributed by atoms with Gasteiger partial charge in [-0.1, -0.05) is 0 Å². The van der Waals surface area contributed by atoms with Crippen LogP contribution in [-0.2, 0) is 9.53 Å². The van der Waals surface area contributed by atoms with E-state index in [-0.39, 0.29) is 29.7 Å². The number of halogens is 1. The zero-order valence-electron chi connectivity index (χ0n) is 15.3. The average Bonchev–Trinajstić information content (AvgIpc) is 2.70. The van der Waals surface area contributed by atoms with Gasteiger partial charge in [-0.15, -0.1) is 0 Å². The number of ether oxygens (including phenoxy) is 1. The van der Waals surface area contributed by atoms with Gasteiger partial charge in [-0.2, -0.15) is 0 Å². The predicted octanol–water partition coefficient (Wildman–Crippen LogP) is 1.69. The van der Waals surface area contributed by atoms with Crippen LogP contribution in [0.2, 0.25) is 0 Å². The third-order valence-electron chi connectivity index (χ3n) is 5.30. The maximum absolute atomic E-state index is 12.9. The summed E-state index contributed by atoms with van der Waals surface area (Å²) < 4.78 is 18.2. The number of rotatable bonds is 4. The largest absolute Gasteiger partial charge is 0.381 e. The summed E-state index contributed by atoms with van der Waals surface area (Å²) in [5.74, 6) is -0.170. The lowest BCUT2D eigenvalue weighted by atomic mass is 9.91. The molecule has 2 saturated heterocycles. The molecule has 0 saturated carbocycles. The number of amides is 3. The maximum Gasteiger partial charge on any atom is 0.319 e. The molecule has 2 aliphatic rings. The Bertz CT molecular complexity index is 641. The number of hydrogen-bond acceptors (Lipinski definition) is 4.